The predicted octanol–water partition coefficient (Wildman–Crippen LogP) is 2.66. The number of rotatable bonds is 3. The summed E-state index contributed by atoms with van der Waals surface area (Å²) in [5.41, 5.74) is 0.402. The molecule has 0 aliphatic carbocycles. The molecule has 1 saturated heterocycles. The van der Waals surface area contributed by atoms with Gasteiger partial charge in [-0.2, -0.15) is 0 Å². The van der Waals surface area contributed by atoms with Crippen LogP contribution in [0.3, 0.4) is 0 Å². The SMILES string of the molecule is O=C(O)c1ccccc1SC1CCOCC1. The molecule has 1 aliphatic rings. The van der Waals surface area contributed by atoms with E-state index in [0.717, 1.165) is 31.0 Å². The second-order valence-electron chi connectivity index (χ2n) is 3.73. The first-order valence-electron chi connectivity index (χ1n) is 5.34. The first-order chi connectivity index (χ1) is 7.77. The minimum absolute atomic E-state index is 0.402. The van der Waals surface area contributed by atoms with E-state index in [4.69, 9.17) is 9.84 Å². The molecule has 0 aromatic heterocycles. The van der Waals surface area contributed by atoms with Crippen LogP contribution in [0.5, 0.6) is 0 Å². The van der Waals surface area contributed by atoms with Gasteiger partial charge in [0.1, 0.15) is 0 Å². The van der Waals surface area contributed by atoms with E-state index >= 15 is 0 Å². The monoisotopic (exact) mass is 238 g/mol. The van der Waals surface area contributed by atoms with Crippen molar-refractivity contribution in [3.05, 3.63) is 29.8 Å². The molecule has 1 fully saturated rings. The van der Waals surface area contributed by atoms with E-state index in [1.807, 2.05) is 12.1 Å². The summed E-state index contributed by atoms with van der Waals surface area (Å²) >= 11 is 1.66. The number of hydrogen-bond acceptors (Lipinski definition) is 3. The Morgan fingerprint density at radius 1 is 1.31 bits per heavy atom. The van der Waals surface area contributed by atoms with Crippen molar-refractivity contribution in [2.24, 2.45) is 0 Å². The Kier molecular flexibility index (Phi) is 3.85. The van der Waals surface area contributed by atoms with Crippen molar-refractivity contribution in [2.45, 2.75) is 23.0 Å². The Morgan fingerprint density at radius 2 is 2.00 bits per heavy atom. The van der Waals surface area contributed by atoms with Crippen LogP contribution in [-0.2, 0) is 4.74 Å². The van der Waals surface area contributed by atoms with Crippen molar-refractivity contribution in [2.75, 3.05) is 13.2 Å². The highest BCUT2D eigenvalue weighted by atomic mass is 32.2. The molecule has 0 atom stereocenters. The van der Waals surface area contributed by atoms with E-state index in [0.29, 0.717) is 10.8 Å². The first-order valence-corrected chi connectivity index (χ1v) is 6.22. The Hall–Kier alpha value is -1.00. The minimum atomic E-state index is -0.852. The number of thioether (sulfide) groups is 1. The van der Waals surface area contributed by atoms with Gasteiger partial charge in [-0.3, -0.25) is 0 Å². The van der Waals surface area contributed by atoms with Gasteiger partial charge in [-0.05, 0) is 25.0 Å². The molecule has 1 heterocycles. The van der Waals surface area contributed by atoms with Crippen molar-refractivity contribution in [3.8, 4) is 0 Å². The molecule has 0 amide bonds. The number of carboxylic acid groups (broad SMARTS) is 1. The van der Waals surface area contributed by atoms with E-state index in [-0.39, 0.29) is 0 Å². The summed E-state index contributed by atoms with van der Waals surface area (Å²) in [6, 6.07) is 7.18. The van der Waals surface area contributed by atoms with Crippen LogP contribution in [-0.4, -0.2) is 29.5 Å². The zero-order valence-corrected chi connectivity index (χ0v) is 9.70. The average Bonchev–Trinajstić information content (AvgIpc) is 2.31. The maximum absolute atomic E-state index is 11.0. The number of hydrogen-bond donors (Lipinski definition) is 1. The summed E-state index contributed by atoms with van der Waals surface area (Å²) in [5, 5.41) is 9.54. The summed E-state index contributed by atoms with van der Waals surface area (Å²) in [4.78, 5) is 11.9. The fourth-order valence-electron chi connectivity index (χ4n) is 1.72. The standard InChI is InChI=1S/C12H14O3S/c13-12(14)10-3-1-2-4-11(10)16-9-5-7-15-8-6-9/h1-4,9H,5-8H2,(H,13,14). The molecule has 3 nitrogen and oxygen atoms in total. The molecule has 0 spiro atoms. The summed E-state index contributed by atoms with van der Waals surface area (Å²) in [5.74, 6) is -0.852. The topological polar surface area (TPSA) is 46.5 Å². The number of benzene rings is 1. The van der Waals surface area contributed by atoms with Gasteiger partial charge in [0.05, 0.1) is 5.56 Å². The van der Waals surface area contributed by atoms with Gasteiger partial charge < -0.3 is 9.84 Å². The maximum atomic E-state index is 11.0. The van der Waals surface area contributed by atoms with Crippen LogP contribution in [0.2, 0.25) is 0 Å². The average molecular weight is 238 g/mol. The summed E-state index contributed by atoms with van der Waals surface area (Å²) in [6.45, 7) is 1.57. The lowest BCUT2D eigenvalue weighted by Crippen LogP contribution is -2.17. The Labute approximate surface area is 98.8 Å². The molecular formula is C12H14O3S. The van der Waals surface area contributed by atoms with Crippen molar-refractivity contribution in [3.63, 3.8) is 0 Å². The Bertz CT molecular complexity index is 372. The molecule has 0 radical (unpaired) electrons. The number of ether oxygens (including phenoxy) is 1. The zero-order chi connectivity index (χ0) is 11.4. The lowest BCUT2D eigenvalue weighted by atomic mass is 10.2. The quantitative estimate of drug-likeness (QED) is 0.879. The Morgan fingerprint density at radius 3 is 2.69 bits per heavy atom. The van der Waals surface area contributed by atoms with E-state index in [9.17, 15) is 4.79 Å². The van der Waals surface area contributed by atoms with Crippen LogP contribution >= 0.6 is 11.8 Å². The molecule has 1 N–H and O–H groups in total. The van der Waals surface area contributed by atoms with Crippen LogP contribution in [0.4, 0.5) is 0 Å². The highest BCUT2D eigenvalue weighted by Crippen LogP contribution is 2.31. The molecule has 0 bridgehead atoms. The fraction of sp³-hybridized carbons (Fsp3) is 0.417. The molecule has 4 heteroatoms. The van der Waals surface area contributed by atoms with Crippen LogP contribution < -0.4 is 0 Å². The highest BCUT2D eigenvalue weighted by molar-refractivity contribution is 8.00. The lowest BCUT2D eigenvalue weighted by Gasteiger charge is -2.21. The molecule has 1 aromatic rings. The third-order valence-electron chi connectivity index (χ3n) is 2.58. The van der Waals surface area contributed by atoms with E-state index in [1.165, 1.54) is 0 Å². The van der Waals surface area contributed by atoms with E-state index in [1.54, 1.807) is 23.9 Å². The van der Waals surface area contributed by atoms with Crippen LogP contribution in [0, 0.1) is 0 Å². The van der Waals surface area contributed by atoms with E-state index < -0.39 is 5.97 Å². The van der Waals surface area contributed by atoms with E-state index in [2.05, 4.69) is 0 Å². The second kappa shape index (κ2) is 5.37. The molecule has 0 unspecified atom stereocenters. The normalized spacial score (nSPS) is 17.2. The molecule has 0 saturated carbocycles. The third-order valence-corrected chi connectivity index (χ3v) is 3.99. The molecule has 2 rings (SSSR count). The van der Waals surface area contributed by atoms with Gasteiger partial charge in [0, 0.05) is 23.4 Å². The summed E-state index contributed by atoms with van der Waals surface area (Å²) in [6.07, 6.45) is 2.00. The molecule has 16 heavy (non-hydrogen) atoms. The van der Waals surface area contributed by atoms with Crippen LogP contribution in [0.25, 0.3) is 0 Å². The summed E-state index contributed by atoms with van der Waals surface area (Å²) < 4.78 is 5.29. The van der Waals surface area contributed by atoms with Gasteiger partial charge in [-0.1, -0.05) is 12.1 Å². The lowest BCUT2D eigenvalue weighted by molar-refractivity contribution is 0.0693. The van der Waals surface area contributed by atoms with Gasteiger partial charge >= 0.3 is 5.97 Å². The molecule has 86 valence electrons. The minimum Gasteiger partial charge on any atom is -0.478 e. The van der Waals surface area contributed by atoms with Crippen molar-refractivity contribution < 1.29 is 14.6 Å². The Balaban J connectivity index is 2.10. The van der Waals surface area contributed by atoms with Gasteiger partial charge in [-0.25, -0.2) is 4.79 Å². The predicted molar refractivity (Wildman–Crippen MR) is 63.1 cm³/mol. The third kappa shape index (κ3) is 2.77. The maximum Gasteiger partial charge on any atom is 0.336 e. The summed E-state index contributed by atoms with van der Waals surface area (Å²) in [7, 11) is 0. The molecule has 1 aliphatic heterocycles. The van der Waals surface area contributed by atoms with Crippen molar-refractivity contribution >= 4 is 17.7 Å². The van der Waals surface area contributed by atoms with Crippen molar-refractivity contribution in [1.82, 2.24) is 0 Å². The van der Waals surface area contributed by atoms with Crippen LogP contribution in [0.1, 0.15) is 23.2 Å². The largest absolute Gasteiger partial charge is 0.478 e. The smallest absolute Gasteiger partial charge is 0.336 e. The first kappa shape index (κ1) is 11.5. The fourth-order valence-corrected chi connectivity index (χ4v) is 2.95. The van der Waals surface area contributed by atoms with Crippen LogP contribution in [0.15, 0.2) is 29.2 Å². The van der Waals surface area contributed by atoms with Gasteiger partial charge in [-0.15, -0.1) is 11.8 Å². The van der Waals surface area contributed by atoms with Gasteiger partial charge in [0.2, 0.25) is 0 Å². The van der Waals surface area contributed by atoms with Gasteiger partial charge in [0.25, 0.3) is 0 Å². The molecular weight excluding hydrogens is 224 g/mol. The number of aromatic carboxylic acids is 1. The van der Waals surface area contributed by atoms with Crippen molar-refractivity contribution in [1.29, 1.82) is 0 Å². The van der Waals surface area contributed by atoms with Gasteiger partial charge in [0.15, 0.2) is 0 Å². The number of carboxylic acids is 1. The second-order valence-corrected chi connectivity index (χ2v) is 5.07. The number of carbonyl (C=O) groups is 1. The zero-order valence-electron chi connectivity index (χ0n) is 8.89. The molecule has 1 aromatic carbocycles. The highest BCUT2D eigenvalue weighted by Gasteiger charge is 2.18.